The lowest BCUT2D eigenvalue weighted by Crippen LogP contribution is -2.31. The summed E-state index contributed by atoms with van der Waals surface area (Å²) in [5.41, 5.74) is 6.16. The molecule has 3 aromatic rings. The lowest BCUT2D eigenvalue weighted by molar-refractivity contribution is -0.116. The van der Waals surface area contributed by atoms with Crippen molar-refractivity contribution in [2.45, 2.75) is 70.8 Å². The SMILES string of the molecule is CC(C)(C)c1ccc(C(=O)CCCSC2=C(C#N)[C@H](c3ccc(OCc4ccccc4)cc3)C3=C(CCCC3=O)N2)cc1. The Balaban J connectivity index is 1.28. The van der Waals surface area contributed by atoms with Crippen molar-refractivity contribution >= 4 is 23.3 Å². The maximum atomic E-state index is 13.2. The van der Waals surface area contributed by atoms with Crippen molar-refractivity contribution < 1.29 is 14.3 Å². The second-order valence-electron chi connectivity index (χ2n) is 12.1. The molecule has 0 saturated heterocycles. The molecule has 1 atom stereocenters. The van der Waals surface area contributed by atoms with Gasteiger partial charge in [-0.3, -0.25) is 9.59 Å². The Bertz CT molecular complexity index is 1570. The number of nitrogens with zero attached hydrogens (tertiary/aromatic N) is 1. The number of benzene rings is 3. The van der Waals surface area contributed by atoms with Gasteiger partial charge in [0.15, 0.2) is 11.6 Å². The monoisotopic (exact) mass is 590 g/mol. The lowest BCUT2D eigenvalue weighted by atomic mass is 9.77. The summed E-state index contributed by atoms with van der Waals surface area (Å²) in [6, 6.07) is 28.1. The molecule has 5 rings (SSSR count). The van der Waals surface area contributed by atoms with Crippen molar-refractivity contribution in [1.82, 2.24) is 5.32 Å². The number of rotatable bonds is 10. The van der Waals surface area contributed by atoms with E-state index in [-0.39, 0.29) is 17.0 Å². The van der Waals surface area contributed by atoms with Crippen LogP contribution in [0.25, 0.3) is 0 Å². The second kappa shape index (κ2) is 13.5. The van der Waals surface area contributed by atoms with E-state index >= 15 is 0 Å². The van der Waals surface area contributed by atoms with Crippen LogP contribution >= 0.6 is 11.8 Å². The number of dihydropyridines is 1. The smallest absolute Gasteiger partial charge is 0.162 e. The van der Waals surface area contributed by atoms with Gasteiger partial charge in [0.1, 0.15) is 12.4 Å². The van der Waals surface area contributed by atoms with Crippen LogP contribution in [0, 0.1) is 11.3 Å². The first-order valence-electron chi connectivity index (χ1n) is 15.0. The van der Waals surface area contributed by atoms with E-state index in [0.717, 1.165) is 46.0 Å². The highest BCUT2D eigenvalue weighted by atomic mass is 32.2. The maximum Gasteiger partial charge on any atom is 0.162 e. The molecule has 1 aliphatic carbocycles. The minimum atomic E-state index is -0.414. The summed E-state index contributed by atoms with van der Waals surface area (Å²) in [5, 5.41) is 14.6. The number of allylic oxidation sites excluding steroid dienone is 3. The molecule has 2 aliphatic rings. The Morgan fingerprint density at radius 2 is 1.72 bits per heavy atom. The Kier molecular flexibility index (Phi) is 9.52. The summed E-state index contributed by atoms with van der Waals surface area (Å²) in [6.45, 7) is 6.95. The van der Waals surface area contributed by atoms with Crippen LogP contribution in [-0.2, 0) is 16.8 Å². The highest BCUT2D eigenvalue weighted by Crippen LogP contribution is 2.44. The minimum Gasteiger partial charge on any atom is -0.489 e. The van der Waals surface area contributed by atoms with Gasteiger partial charge in [-0.1, -0.05) is 87.5 Å². The summed E-state index contributed by atoms with van der Waals surface area (Å²) in [5.74, 6) is 1.24. The number of carbonyl (C=O) groups excluding carboxylic acids is 2. The van der Waals surface area contributed by atoms with E-state index in [2.05, 4.69) is 32.2 Å². The van der Waals surface area contributed by atoms with E-state index in [1.807, 2.05) is 78.9 Å². The molecular weight excluding hydrogens is 552 g/mol. The van der Waals surface area contributed by atoms with E-state index in [0.29, 0.717) is 42.8 Å². The van der Waals surface area contributed by atoms with Gasteiger partial charge in [0.2, 0.25) is 0 Å². The summed E-state index contributed by atoms with van der Waals surface area (Å²) in [6.07, 6.45) is 3.21. The third kappa shape index (κ3) is 7.29. The van der Waals surface area contributed by atoms with Crippen LogP contribution in [0.1, 0.15) is 85.8 Å². The molecule has 43 heavy (non-hydrogen) atoms. The molecule has 1 aliphatic heterocycles. The number of ether oxygens (including phenoxy) is 1. The fourth-order valence-corrected chi connectivity index (χ4v) is 6.58. The molecule has 0 unspecified atom stereocenters. The second-order valence-corrected chi connectivity index (χ2v) is 13.2. The van der Waals surface area contributed by atoms with E-state index in [4.69, 9.17) is 4.74 Å². The number of hydrogen-bond acceptors (Lipinski definition) is 6. The van der Waals surface area contributed by atoms with Gasteiger partial charge in [-0.05, 0) is 59.3 Å². The highest BCUT2D eigenvalue weighted by Gasteiger charge is 2.37. The largest absolute Gasteiger partial charge is 0.489 e. The fraction of sp³-hybridized carbons (Fsp3) is 0.324. The van der Waals surface area contributed by atoms with Crippen molar-refractivity contribution in [1.29, 1.82) is 5.26 Å². The minimum absolute atomic E-state index is 0.0473. The maximum absolute atomic E-state index is 13.2. The van der Waals surface area contributed by atoms with Crippen molar-refractivity contribution in [2.75, 3.05) is 5.75 Å². The molecule has 0 radical (unpaired) electrons. The van der Waals surface area contributed by atoms with Crippen LogP contribution in [0.5, 0.6) is 5.75 Å². The fourth-order valence-electron chi connectivity index (χ4n) is 5.58. The molecule has 6 heteroatoms. The number of carbonyl (C=O) groups is 2. The molecule has 0 bridgehead atoms. The molecule has 0 spiro atoms. The Morgan fingerprint density at radius 1 is 1.00 bits per heavy atom. The van der Waals surface area contributed by atoms with E-state index in [9.17, 15) is 14.9 Å². The highest BCUT2D eigenvalue weighted by molar-refractivity contribution is 8.03. The third-order valence-electron chi connectivity index (χ3n) is 7.99. The molecule has 1 N–H and O–H groups in total. The summed E-state index contributed by atoms with van der Waals surface area (Å²) in [4.78, 5) is 26.0. The number of nitrogens with one attached hydrogen (secondary N) is 1. The van der Waals surface area contributed by atoms with Crippen LogP contribution in [0.2, 0.25) is 0 Å². The van der Waals surface area contributed by atoms with Gasteiger partial charge in [0.05, 0.1) is 22.6 Å². The summed E-state index contributed by atoms with van der Waals surface area (Å²) >= 11 is 1.56. The number of hydrogen-bond donors (Lipinski definition) is 1. The molecule has 220 valence electrons. The first-order valence-corrected chi connectivity index (χ1v) is 15.9. The van der Waals surface area contributed by atoms with Crippen molar-refractivity contribution in [3.05, 3.63) is 123 Å². The zero-order valence-corrected chi connectivity index (χ0v) is 25.9. The predicted octanol–water partition coefficient (Wildman–Crippen LogP) is 8.39. The van der Waals surface area contributed by atoms with E-state index in [1.54, 1.807) is 11.8 Å². The number of nitriles is 1. The lowest BCUT2D eigenvalue weighted by Gasteiger charge is -2.33. The van der Waals surface area contributed by atoms with Crippen LogP contribution in [0.4, 0.5) is 0 Å². The van der Waals surface area contributed by atoms with Crippen LogP contribution in [0.3, 0.4) is 0 Å². The zero-order chi connectivity index (χ0) is 30.4. The standard InChI is InChI=1S/C37H38N2O3S/c1-37(2,3)28-18-14-26(15-19-28)32(40)13-8-22-43-36-30(23-38)34(35-31(39-36)11-7-12-33(35)41)27-16-20-29(21-17-27)42-24-25-9-5-4-6-10-25/h4-6,9-10,14-21,34,39H,7-8,11-13,22,24H2,1-3H3/t34-/m0/s1. The molecule has 1 heterocycles. The van der Waals surface area contributed by atoms with Crippen molar-refractivity contribution in [2.24, 2.45) is 0 Å². The summed E-state index contributed by atoms with van der Waals surface area (Å²) < 4.78 is 5.97. The third-order valence-corrected chi connectivity index (χ3v) is 9.10. The number of ketones is 2. The van der Waals surface area contributed by atoms with E-state index < -0.39 is 5.92 Å². The number of Topliss-reactive ketones (excluding diaryl/α,β-unsaturated/α-hetero) is 2. The topological polar surface area (TPSA) is 79.2 Å². The average Bonchev–Trinajstić information content (AvgIpc) is 3.02. The molecule has 5 nitrogen and oxygen atoms in total. The number of thioether (sulfide) groups is 1. The zero-order valence-electron chi connectivity index (χ0n) is 25.1. The first-order chi connectivity index (χ1) is 20.7. The van der Waals surface area contributed by atoms with Gasteiger partial charge in [-0.25, -0.2) is 0 Å². The molecule has 0 amide bonds. The Labute approximate surface area is 259 Å². The van der Waals surface area contributed by atoms with Gasteiger partial charge in [0, 0.05) is 29.7 Å². The van der Waals surface area contributed by atoms with Gasteiger partial charge in [0.25, 0.3) is 0 Å². The quantitative estimate of drug-likeness (QED) is 0.189. The molecule has 3 aromatic carbocycles. The van der Waals surface area contributed by atoms with Gasteiger partial charge in [-0.15, -0.1) is 11.8 Å². The molecular formula is C37H38N2O3S. The van der Waals surface area contributed by atoms with Crippen LogP contribution in [0.15, 0.2) is 101 Å². The normalized spacial score (nSPS) is 16.8. The Morgan fingerprint density at radius 3 is 2.40 bits per heavy atom. The van der Waals surface area contributed by atoms with Crippen LogP contribution in [-0.4, -0.2) is 17.3 Å². The first kappa shape index (κ1) is 30.4. The van der Waals surface area contributed by atoms with Gasteiger partial charge in [-0.2, -0.15) is 5.26 Å². The molecule has 0 saturated carbocycles. The van der Waals surface area contributed by atoms with Crippen molar-refractivity contribution in [3.63, 3.8) is 0 Å². The average molecular weight is 591 g/mol. The van der Waals surface area contributed by atoms with Crippen molar-refractivity contribution in [3.8, 4) is 11.8 Å². The van der Waals surface area contributed by atoms with Gasteiger partial charge >= 0.3 is 0 Å². The molecule has 0 aromatic heterocycles. The summed E-state index contributed by atoms with van der Waals surface area (Å²) in [7, 11) is 0. The van der Waals surface area contributed by atoms with Crippen LogP contribution < -0.4 is 10.1 Å². The van der Waals surface area contributed by atoms with E-state index in [1.165, 1.54) is 5.56 Å². The Hall–Kier alpha value is -4.08. The van der Waals surface area contributed by atoms with Gasteiger partial charge < -0.3 is 10.1 Å². The predicted molar refractivity (Wildman–Crippen MR) is 173 cm³/mol. The molecule has 0 fully saturated rings.